The molecule has 84 valence electrons. The maximum atomic E-state index is 11.3. The number of rotatable bonds is 1. The lowest BCUT2D eigenvalue weighted by atomic mass is 9.93. The Kier molecular flexibility index (Phi) is 1.76. The molecule has 0 radical (unpaired) electrons. The number of carbonyl (C=O) groups is 1. The van der Waals surface area contributed by atoms with Gasteiger partial charge in [-0.25, -0.2) is 0 Å². The molecular weight excluding hydrogens is 204 g/mol. The summed E-state index contributed by atoms with van der Waals surface area (Å²) in [6, 6.07) is 5.56. The fraction of sp³-hybridized carbons (Fsp3) is 0.462. The zero-order valence-corrected chi connectivity index (χ0v) is 9.61. The Hall–Kier alpha value is -1.35. The smallest absolute Gasteiger partial charge is 0.159 e. The van der Waals surface area contributed by atoms with Crippen LogP contribution in [0.15, 0.2) is 18.2 Å². The van der Waals surface area contributed by atoms with Gasteiger partial charge in [-0.2, -0.15) is 0 Å². The van der Waals surface area contributed by atoms with Crippen molar-refractivity contribution in [1.82, 2.24) is 0 Å². The van der Waals surface area contributed by atoms with Gasteiger partial charge >= 0.3 is 0 Å². The Morgan fingerprint density at radius 3 is 2.81 bits per heavy atom. The molecule has 0 spiro atoms. The van der Waals surface area contributed by atoms with E-state index >= 15 is 0 Å². The van der Waals surface area contributed by atoms with Crippen molar-refractivity contribution in [1.29, 1.82) is 0 Å². The zero-order chi connectivity index (χ0) is 11.5. The van der Waals surface area contributed by atoms with Crippen LogP contribution in [0.4, 0.5) is 0 Å². The molecule has 3 heteroatoms. The van der Waals surface area contributed by atoms with E-state index in [4.69, 9.17) is 9.47 Å². The van der Waals surface area contributed by atoms with Gasteiger partial charge in [-0.15, -0.1) is 0 Å². The molecule has 0 aliphatic carbocycles. The summed E-state index contributed by atoms with van der Waals surface area (Å²) < 4.78 is 11.5. The molecule has 1 aromatic carbocycles. The van der Waals surface area contributed by atoms with E-state index < -0.39 is 0 Å². The molecule has 3 nitrogen and oxygen atoms in total. The molecule has 2 aliphatic rings. The Bertz CT molecular complexity index is 476. The molecule has 0 saturated carbocycles. The van der Waals surface area contributed by atoms with E-state index in [2.05, 4.69) is 0 Å². The number of hydrogen-bond donors (Lipinski definition) is 0. The van der Waals surface area contributed by atoms with Gasteiger partial charge < -0.3 is 9.47 Å². The highest BCUT2D eigenvalue weighted by Crippen LogP contribution is 2.53. The highest BCUT2D eigenvalue weighted by molar-refractivity contribution is 5.94. The first-order chi connectivity index (χ1) is 7.49. The molecule has 0 bridgehead atoms. The molecule has 2 aliphatic heterocycles. The minimum absolute atomic E-state index is 0.0739. The maximum Gasteiger partial charge on any atom is 0.159 e. The van der Waals surface area contributed by atoms with Crippen LogP contribution in [0.25, 0.3) is 0 Å². The summed E-state index contributed by atoms with van der Waals surface area (Å²) in [5.74, 6) is 0.915. The second-order valence-electron chi connectivity index (χ2n) is 4.99. The van der Waals surface area contributed by atoms with E-state index in [0.717, 1.165) is 16.9 Å². The van der Waals surface area contributed by atoms with Gasteiger partial charge in [-0.1, -0.05) is 0 Å². The minimum Gasteiger partial charge on any atom is -0.485 e. The molecular formula is C13H14O3. The first-order valence-electron chi connectivity index (χ1n) is 5.48. The summed E-state index contributed by atoms with van der Waals surface area (Å²) in [5, 5.41) is 0. The van der Waals surface area contributed by atoms with Crippen LogP contribution < -0.4 is 4.74 Å². The fourth-order valence-corrected chi connectivity index (χ4v) is 2.30. The van der Waals surface area contributed by atoms with Gasteiger partial charge in [0.25, 0.3) is 0 Å². The van der Waals surface area contributed by atoms with E-state index in [-0.39, 0.29) is 23.6 Å². The second-order valence-corrected chi connectivity index (χ2v) is 4.99. The molecule has 1 fully saturated rings. The van der Waals surface area contributed by atoms with E-state index in [1.807, 2.05) is 26.0 Å². The van der Waals surface area contributed by atoms with E-state index in [1.54, 1.807) is 13.0 Å². The topological polar surface area (TPSA) is 38.8 Å². The third kappa shape index (κ3) is 1.28. The van der Waals surface area contributed by atoms with Crippen molar-refractivity contribution < 1.29 is 14.3 Å². The lowest BCUT2D eigenvalue weighted by molar-refractivity contribution is 0.0725. The van der Waals surface area contributed by atoms with Crippen molar-refractivity contribution in [3.63, 3.8) is 0 Å². The molecule has 2 atom stereocenters. The predicted molar refractivity (Wildman–Crippen MR) is 58.8 cm³/mol. The van der Waals surface area contributed by atoms with Crippen molar-refractivity contribution in [3.05, 3.63) is 29.3 Å². The van der Waals surface area contributed by atoms with Gasteiger partial charge in [0.1, 0.15) is 23.6 Å². The Balaban J connectivity index is 2.06. The average molecular weight is 218 g/mol. The highest BCUT2D eigenvalue weighted by Gasteiger charge is 2.56. The summed E-state index contributed by atoms with van der Waals surface area (Å²) in [6.45, 7) is 5.62. The fourth-order valence-electron chi connectivity index (χ4n) is 2.30. The summed E-state index contributed by atoms with van der Waals surface area (Å²) >= 11 is 0. The van der Waals surface area contributed by atoms with Crippen molar-refractivity contribution in [3.8, 4) is 5.75 Å². The largest absolute Gasteiger partial charge is 0.485 e. The van der Waals surface area contributed by atoms with Crippen LogP contribution in [0.2, 0.25) is 0 Å². The maximum absolute atomic E-state index is 11.3. The Morgan fingerprint density at radius 1 is 1.38 bits per heavy atom. The number of fused-ring (bicyclic) bond motifs is 3. The predicted octanol–water partition coefficient (Wildman–Crippen LogP) is 2.50. The second kappa shape index (κ2) is 2.86. The van der Waals surface area contributed by atoms with Gasteiger partial charge in [0.05, 0.1) is 0 Å². The molecule has 0 aromatic heterocycles. The van der Waals surface area contributed by atoms with Gasteiger partial charge in [0, 0.05) is 11.1 Å². The number of Topliss-reactive ketones (excluding diaryl/α,β-unsaturated/α-hetero) is 1. The van der Waals surface area contributed by atoms with Crippen molar-refractivity contribution in [2.24, 2.45) is 0 Å². The van der Waals surface area contributed by atoms with E-state index in [0.29, 0.717) is 0 Å². The molecule has 0 unspecified atom stereocenters. The zero-order valence-electron chi connectivity index (χ0n) is 9.61. The summed E-state index contributed by atoms with van der Waals surface area (Å²) in [4.78, 5) is 11.3. The third-order valence-corrected chi connectivity index (χ3v) is 3.27. The Morgan fingerprint density at radius 2 is 2.12 bits per heavy atom. The van der Waals surface area contributed by atoms with Crippen molar-refractivity contribution >= 4 is 5.78 Å². The number of benzene rings is 1. The van der Waals surface area contributed by atoms with Crippen LogP contribution >= 0.6 is 0 Å². The van der Waals surface area contributed by atoms with E-state index in [1.165, 1.54) is 0 Å². The monoisotopic (exact) mass is 218 g/mol. The molecule has 2 heterocycles. The van der Waals surface area contributed by atoms with Gasteiger partial charge in [0.15, 0.2) is 5.78 Å². The van der Waals surface area contributed by atoms with Gasteiger partial charge in [-0.3, -0.25) is 4.79 Å². The molecule has 1 aromatic rings. The lowest BCUT2D eigenvalue weighted by Gasteiger charge is -2.29. The number of ketones is 1. The molecule has 0 N–H and O–H groups in total. The molecule has 1 saturated heterocycles. The first kappa shape index (κ1) is 9.85. The minimum atomic E-state index is -0.268. The Labute approximate surface area is 94.4 Å². The summed E-state index contributed by atoms with van der Waals surface area (Å²) in [7, 11) is 0. The average Bonchev–Trinajstić information content (AvgIpc) is 2.97. The van der Waals surface area contributed by atoms with Crippen LogP contribution in [-0.2, 0) is 4.74 Å². The summed E-state index contributed by atoms with van der Waals surface area (Å²) in [5.41, 5.74) is 1.46. The lowest BCUT2D eigenvalue weighted by Crippen LogP contribution is -2.37. The van der Waals surface area contributed by atoms with Crippen LogP contribution in [0, 0.1) is 0 Å². The van der Waals surface area contributed by atoms with Gasteiger partial charge in [0.2, 0.25) is 0 Å². The van der Waals surface area contributed by atoms with Crippen LogP contribution in [-0.4, -0.2) is 17.5 Å². The van der Waals surface area contributed by atoms with Crippen molar-refractivity contribution in [2.45, 2.75) is 38.6 Å². The number of ether oxygens (including phenoxy) is 2. The highest BCUT2D eigenvalue weighted by atomic mass is 16.6. The molecule has 16 heavy (non-hydrogen) atoms. The number of carbonyl (C=O) groups excluding carboxylic acids is 1. The number of epoxide rings is 1. The van der Waals surface area contributed by atoms with Crippen LogP contribution in [0.3, 0.4) is 0 Å². The van der Waals surface area contributed by atoms with Crippen molar-refractivity contribution in [2.75, 3.05) is 0 Å². The molecule has 3 rings (SSSR count). The van der Waals surface area contributed by atoms with Gasteiger partial charge in [-0.05, 0) is 39.0 Å². The summed E-state index contributed by atoms with van der Waals surface area (Å²) in [6.07, 6.45) is 0.236. The van der Waals surface area contributed by atoms with Crippen LogP contribution in [0.5, 0.6) is 5.75 Å². The SMILES string of the molecule is CC(=O)c1ccc2c(c1)[C@@H]1O[C@H]1C(C)(C)O2. The number of hydrogen-bond acceptors (Lipinski definition) is 3. The quantitative estimate of drug-likeness (QED) is 0.537. The molecule has 0 amide bonds. The first-order valence-corrected chi connectivity index (χ1v) is 5.48. The van der Waals surface area contributed by atoms with Crippen LogP contribution in [0.1, 0.15) is 42.8 Å². The normalized spacial score (nSPS) is 28.7. The van der Waals surface area contributed by atoms with E-state index in [9.17, 15) is 4.79 Å². The standard InChI is InChI=1S/C13H14O3/c1-7(14)8-4-5-10-9(6-8)11-12(15-11)13(2,3)16-10/h4-6,11-12H,1-3H3/t11-,12+/m0/s1. The third-order valence-electron chi connectivity index (χ3n) is 3.27.